The molecule has 2 amide bonds. The molecule has 0 unspecified atom stereocenters. The summed E-state index contributed by atoms with van der Waals surface area (Å²) in [6, 6.07) is 7.61. The normalized spacial score (nSPS) is 23.7. The Morgan fingerprint density at radius 1 is 1.22 bits per heavy atom. The number of nitrogens with one attached hydrogen (secondary N) is 1. The number of hydrogen-bond donors (Lipinski definition) is 2. The van der Waals surface area contributed by atoms with Crippen molar-refractivity contribution < 1.29 is 14.6 Å². The molecule has 2 aliphatic rings. The highest BCUT2D eigenvalue weighted by Gasteiger charge is 2.32. The molecule has 1 aliphatic heterocycles. The van der Waals surface area contributed by atoms with E-state index in [9.17, 15) is 9.90 Å². The molecule has 1 aromatic carbocycles. The Bertz CT molecular complexity index is 656. The van der Waals surface area contributed by atoms with Crippen LogP contribution in [-0.4, -0.2) is 65.9 Å². The molecule has 27 heavy (non-hydrogen) atoms. The van der Waals surface area contributed by atoms with E-state index in [0.717, 1.165) is 37.9 Å². The van der Waals surface area contributed by atoms with Gasteiger partial charge in [-0.05, 0) is 37.5 Å². The van der Waals surface area contributed by atoms with E-state index in [1.165, 1.54) is 6.42 Å². The average molecular weight is 373 g/mol. The van der Waals surface area contributed by atoms with Crippen molar-refractivity contribution in [3.8, 4) is 5.75 Å². The molecule has 6 heteroatoms. The maximum Gasteiger partial charge on any atom is 0.322 e. The smallest absolute Gasteiger partial charge is 0.322 e. The number of nitrogens with zero attached hydrogens (tertiary/aromatic N) is 2. The molecule has 2 N–H and O–H groups in total. The Balaban J connectivity index is 1.53. The lowest BCUT2D eigenvalue weighted by Crippen LogP contribution is -2.56. The van der Waals surface area contributed by atoms with Gasteiger partial charge in [0.2, 0.25) is 0 Å². The van der Waals surface area contributed by atoms with Crippen molar-refractivity contribution in [2.24, 2.45) is 0 Å². The van der Waals surface area contributed by atoms with Gasteiger partial charge in [0, 0.05) is 32.2 Å². The first-order valence-corrected chi connectivity index (χ1v) is 9.89. The highest BCUT2D eigenvalue weighted by Crippen LogP contribution is 2.26. The van der Waals surface area contributed by atoms with Crippen molar-refractivity contribution in [1.82, 2.24) is 9.80 Å². The third-order valence-corrected chi connectivity index (χ3v) is 5.37. The second-order valence-corrected chi connectivity index (χ2v) is 7.61. The molecular formula is C21H31N3O3. The Labute approximate surface area is 161 Å². The van der Waals surface area contributed by atoms with Crippen molar-refractivity contribution in [3.63, 3.8) is 0 Å². The first-order valence-electron chi connectivity index (χ1n) is 9.89. The van der Waals surface area contributed by atoms with Gasteiger partial charge in [0.1, 0.15) is 12.4 Å². The molecule has 2 fully saturated rings. The van der Waals surface area contributed by atoms with E-state index in [4.69, 9.17) is 4.74 Å². The lowest BCUT2D eigenvalue weighted by atomic mass is 9.91. The molecule has 3 rings (SSSR count). The number of rotatable bonds is 5. The fourth-order valence-electron chi connectivity index (χ4n) is 3.87. The fourth-order valence-corrected chi connectivity index (χ4v) is 3.87. The zero-order chi connectivity index (χ0) is 19.2. The minimum atomic E-state index is -0.225. The van der Waals surface area contributed by atoms with Crippen LogP contribution in [0, 0.1) is 0 Å². The first kappa shape index (κ1) is 19.7. The van der Waals surface area contributed by atoms with Gasteiger partial charge < -0.3 is 20.1 Å². The minimum Gasteiger partial charge on any atom is -0.487 e. The molecule has 1 saturated heterocycles. The van der Waals surface area contributed by atoms with Crippen LogP contribution >= 0.6 is 0 Å². The summed E-state index contributed by atoms with van der Waals surface area (Å²) in [7, 11) is 0. The third kappa shape index (κ3) is 5.23. The van der Waals surface area contributed by atoms with E-state index >= 15 is 0 Å². The van der Waals surface area contributed by atoms with Gasteiger partial charge in [-0.15, -0.1) is 0 Å². The quantitative estimate of drug-likeness (QED) is 0.779. The van der Waals surface area contributed by atoms with Gasteiger partial charge >= 0.3 is 6.03 Å². The second-order valence-electron chi connectivity index (χ2n) is 7.61. The van der Waals surface area contributed by atoms with Crippen molar-refractivity contribution in [1.29, 1.82) is 0 Å². The van der Waals surface area contributed by atoms with E-state index in [2.05, 4.69) is 16.8 Å². The van der Waals surface area contributed by atoms with Crippen LogP contribution < -0.4 is 10.1 Å². The van der Waals surface area contributed by atoms with Crippen molar-refractivity contribution >= 4 is 11.7 Å². The molecular weight excluding hydrogens is 342 g/mol. The summed E-state index contributed by atoms with van der Waals surface area (Å²) >= 11 is 0. The van der Waals surface area contributed by atoms with Gasteiger partial charge in [0.05, 0.1) is 11.8 Å². The minimum absolute atomic E-state index is 0.106. The molecule has 0 radical (unpaired) electrons. The van der Waals surface area contributed by atoms with Gasteiger partial charge in [0.15, 0.2) is 0 Å². The Kier molecular flexibility index (Phi) is 6.74. The number of hydrogen-bond acceptors (Lipinski definition) is 4. The molecule has 1 aliphatic carbocycles. The molecule has 6 nitrogen and oxygen atoms in total. The van der Waals surface area contributed by atoms with E-state index in [-0.39, 0.29) is 18.2 Å². The summed E-state index contributed by atoms with van der Waals surface area (Å²) < 4.78 is 5.73. The Morgan fingerprint density at radius 2 is 1.93 bits per heavy atom. The molecule has 2 atom stereocenters. The van der Waals surface area contributed by atoms with Crippen LogP contribution in [0.25, 0.3) is 0 Å². The summed E-state index contributed by atoms with van der Waals surface area (Å²) in [6.07, 6.45) is 4.03. The van der Waals surface area contributed by atoms with Crippen LogP contribution in [0.4, 0.5) is 10.5 Å². The predicted molar refractivity (Wildman–Crippen MR) is 107 cm³/mol. The molecule has 1 saturated carbocycles. The van der Waals surface area contributed by atoms with E-state index in [0.29, 0.717) is 31.1 Å². The number of aliphatic hydroxyl groups is 1. The SMILES string of the molecule is C=C(C)COc1ccccc1NC(=O)N1CCN([C@H]2CCCC[C@@H]2O)CC1. The lowest BCUT2D eigenvalue weighted by molar-refractivity contribution is 0.00275. The number of aliphatic hydroxyl groups excluding tert-OH is 1. The number of para-hydroxylation sites is 2. The van der Waals surface area contributed by atoms with E-state index in [1.54, 1.807) is 0 Å². The summed E-state index contributed by atoms with van der Waals surface area (Å²) in [5.74, 6) is 0.651. The summed E-state index contributed by atoms with van der Waals surface area (Å²) in [5.41, 5.74) is 1.60. The number of urea groups is 1. The number of piperazine rings is 1. The van der Waals surface area contributed by atoms with Gasteiger partial charge in [-0.1, -0.05) is 31.6 Å². The average Bonchev–Trinajstić information content (AvgIpc) is 2.68. The zero-order valence-electron chi connectivity index (χ0n) is 16.2. The molecule has 0 aromatic heterocycles. The molecule has 1 heterocycles. The fraction of sp³-hybridized carbons (Fsp3) is 0.571. The molecule has 1 aromatic rings. The number of carbonyl (C=O) groups excluding carboxylic acids is 1. The number of anilines is 1. The van der Waals surface area contributed by atoms with Crippen LogP contribution in [0.3, 0.4) is 0 Å². The highest BCUT2D eigenvalue weighted by molar-refractivity contribution is 5.91. The van der Waals surface area contributed by atoms with Gasteiger partial charge in [-0.3, -0.25) is 4.90 Å². The summed E-state index contributed by atoms with van der Waals surface area (Å²) in [5, 5.41) is 13.2. The highest BCUT2D eigenvalue weighted by atomic mass is 16.5. The summed E-state index contributed by atoms with van der Waals surface area (Å²) in [4.78, 5) is 16.9. The van der Waals surface area contributed by atoms with Crippen molar-refractivity contribution in [3.05, 3.63) is 36.4 Å². The number of ether oxygens (including phenoxy) is 1. The monoisotopic (exact) mass is 373 g/mol. The molecule has 0 bridgehead atoms. The first-order chi connectivity index (χ1) is 13.0. The van der Waals surface area contributed by atoms with E-state index < -0.39 is 0 Å². The van der Waals surface area contributed by atoms with E-state index in [1.807, 2.05) is 36.1 Å². The summed E-state index contributed by atoms with van der Waals surface area (Å²) in [6.45, 7) is 9.13. The largest absolute Gasteiger partial charge is 0.487 e. The predicted octanol–water partition coefficient (Wildman–Crippen LogP) is 3.09. The van der Waals surface area contributed by atoms with Gasteiger partial charge in [-0.2, -0.15) is 0 Å². The topological polar surface area (TPSA) is 65.0 Å². The van der Waals surface area contributed by atoms with Crippen LogP contribution in [0.2, 0.25) is 0 Å². The maximum absolute atomic E-state index is 12.7. The Morgan fingerprint density at radius 3 is 2.63 bits per heavy atom. The van der Waals surface area contributed by atoms with Gasteiger partial charge in [-0.25, -0.2) is 4.79 Å². The van der Waals surface area contributed by atoms with Crippen LogP contribution in [-0.2, 0) is 0 Å². The lowest BCUT2D eigenvalue weighted by Gasteiger charge is -2.42. The number of amides is 2. The molecule has 0 spiro atoms. The molecule has 148 valence electrons. The number of carbonyl (C=O) groups is 1. The Hall–Kier alpha value is -2.05. The van der Waals surface area contributed by atoms with Crippen molar-refractivity contribution in [2.45, 2.75) is 44.8 Å². The third-order valence-electron chi connectivity index (χ3n) is 5.37. The van der Waals surface area contributed by atoms with Crippen molar-refractivity contribution in [2.75, 3.05) is 38.1 Å². The van der Waals surface area contributed by atoms with Crippen LogP contribution in [0.5, 0.6) is 5.75 Å². The number of benzene rings is 1. The standard InChI is InChI=1S/C21H31N3O3/c1-16(2)15-27-20-10-6-3-7-17(20)22-21(26)24-13-11-23(12-14-24)18-8-4-5-9-19(18)25/h3,6-7,10,18-19,25H,1,4-5,8-9,11-15H2,2H3,(H,22,26)/t18-,19-/m0/s1. The van der Waals surface area contributed by atoms with Crippen LogP contribution in [0.15, 0.2) is 36.4 Å². The second kappa shape index (κ2) is 9.24. The van der Waals surface area contributed by atoms with Gasteiger partial charge in [0.25, 0.3) is 0 Å². The zero-order valence-corrected chi connectivity index (χ0v) is 16.2. The van der Waals surface area contributed by atoms with Crippen LogP contribution in [0.1, 0.15) is 32.6 Å². The maximum atomic E-state index is 12.7.